The minimum absolute atomic E-state index is 0.168. The van der Waals surface area contributed by atoms with Crippen LogP contribution in [0, 0.1) is 0 Å². The SMILES string of the molecule is NC(=O)COc1cc(-c2ccccc2)[nH]n1. The Bertz CT molecular complexity index is 479. The lowest BCUT2D eigenvalue weighted by Gasteiger charge is -1.96. The monoisotopic (exact) mass is 217 g/mol. The summed E-state index contributed by atoms with van der Waals surface area (Å²) in [7, 11) is 0. The lowest BCUT2D eigenvalue weighted by Crippen LogP contribution is -2.20. The molecule has 0 bridgehead atoms. The van der Waals surface area contributed by atoms with Gasteiger partial charge in [0.15, 0.2) is 6.61 Å². The molecule has 0 unspecified atom stereocenters. The van der Waals surface area contributed by atoms with Crippen LogP contribution in [0.2, 0.25) is 0 Å². The Morgan fingerprint density at radius 2 is 2.12 bits per heavy atom. The summed E-state index contributed by atoms with van der Waals surface area (Å²) in [5.74, 6) is -0.165. The molecule has 2 aromatic rings. The molecule has 0 radical (unpaired) electrons. The number of carbonyl (C=O) groups excluding carboxylic acids is 1. The number of nitrogens with zero attached hydrogens (tertiary/aromatic N) is 1. The Balaban J connectivity index is 2.11. The van der Waals surface area contributed by atoms with E-state index in [1.807, 2.05) is 30.3 Å². The van der Waals surface area contributed by atoms with Gasteiger partial charge in [-0.3, -0.25) is 9.89 Å². The van der Waals surface area contributed by atoms with Crippen molar-refractivity contribution in [2.24, 2.45) is 5.73 Å². The molecule has 5 heteroatoms. The maximum atomic E-state index is 10.5. The van der Waals surface area contributed by atoms with E-state index in [2.05, 4.69) is 10.2 Å². The van der Waals surface area contributed by atoms with Gasteiger partial charge < -0.3 is 10.5 Å². The molecule has 3 N–H and O–H groups in total. The topological polar surface area (TPSA) is 81.0 Å². The molecular formula is C11H11N3O2. The molecule has 0 atom stereocenters. The minimum Gasteiger partial charge on any atom is -0.467 e. The third kappa shape index (κ3) is 2.38. The second-order valence-electron chi connectivity index (χ2n) is 3.24. The molecule has 82 valence electrons. The highest BCUT2D eigenvalue weighted by atomic mass is 16.5. The van der Waals surface area contributed by atoms with Gasteiger partial charge in [-0.25, -0.2) is 0 Å². The first-order valence-corrected chi connectivity index (χ1v) is 4.77. The number of carbonyl (C=O) groups is 1. The minimum atomic E-state index is -0.524. The first-order chi connectivity index (χ1) is 7.75. The van der Waals surface area contributed by atoms with Crippen LogP contribution in [0.3, 0.4) is 0 Å². The third-order valence-corrected chi connectivity index (χ3v) is 2.00. The van der Waals surface area contributed by atoms with Crippen molar-refractivity contribution in [3.63, 3.8) is 0 Å². The fourth-order valence-electron chi connectivity index (χ4n) is 1.29. The first-order valence-electron chi connectivity index (χ1n) is 4.77. The van der Waals surface area contributed by atoms with E-state index in [0.29, 0.717) is 5.88 Å². The van der Waals surface area contributed by atoms with E-state index in [0.717, 1.165) is 11.3 Å². The molecule has 0 fully saturated rings. The lowest BCUT2D eigenvalue weighted by molar-refractivity contribution is -0.120. The molecule has 0 aliphatic heterocycles. The molecule has 0 spiro atoms. The highest BCUT2D eigenvalue weighted by molar-refractivity contribution is 5.75. The van der Waals surface area contributed by atoms with Crippen LogP contribution in [-0.4, -0.2) is 22.7 Å². The van der Waals surface area contributed by atoms with Crippen LogP contribution < -0.4 is 10.5 Å². The molecule has 0 saturated carbocycles. The Kier molecular flexibility index (Phi) is 2.86. The zero-order valence-electron chi connectivity index (χ0n) is 8.51. The Morgan fingerprint density at radius 3 is 2.81 bits per heavy atom. The highest BCUT2D eigenvalue weighted by Crippen LogP contribution is 2.19. The van der Waals surface area contributed by atoms with E-state index in [1.54, 1.807) is 6.07 Å². The average molecular weight is 217 g/mol. The molecule has 0 saturated heterocycles. The van der Waals surface area contributed by atoms with Crippen molar-refractivity contribution < 1.29 is 9.53 Å². The van der Waals surface area contributed by atoms with Crippen LogP contribution in [0.25, 0.3) is 11.3 Å². The summed E-state index contributed by atoms with van der Waals surface area (Å²) in [4.78, 5) is 10.5. The van der Waals surface area contributed by atoms with Crippen molar-refractivity contribution in [1.82, 2.24) is 10.2 Å². The summed E-state index contributed by atoms with van der Waals surface area (Å²) in [5, 5.41) is 6.73. The van der Waals surface area contributed by atoms with Crippen LogP contribution in [0.5, 0.6) is 5.88 Å². The van der Waals surface area contributed by atoms with Crippen molar-refractivity contribution in [3.05, 3.63) is 36.4 Å². The standard InChI is InChI=1S/C11H11N3O2/c12-10(15)7-16-11-6-9(13-14-11)8-4-2-1-3-5-8/h1-6H,7H2,(H2,12,15)(H,13,14). The predicted octanol–water partition coefficient (Wildman–Crippen LogP) is 0.941. The Labute approximate surface area is 92.2 Å². The summed E-state index contributed by atoms with van der Waals surface area (Å²) in [6.45, 7) is -0.168. The maximum Gasteiger partial charge on any atom is 0.255 e. The quantitative estimate of drug-likeness (QED) is 0.799. The van der Waals surface area contributed by atoms with E-state index in [9.17, 15) is 4.79 Å². The van der Waals surface area contributed by atoms with Gasteiger partial charge in [0.2, 0.25) is 5.88 Å². The van der Waals surface area contributed by atoms with Crippen LogP contribution in [0.1, 0.15) is 0 Å². The second-order valence-corrected chi connectivity index (χ2v) is 3.24. The van der Waals surface area contributed by atoms with E-state index in [4.69, 9.17) is 10.5 Å². The number of H-pyrrole nitrogens is 1. The molecule has 2 rings (SSSR count). The van der Waals surface area contributed by atoms with E-state index < -0.39 is 5.91 Å². The molecule has 1 amide bonds. The van der Waals surface area contributed by atoms with Crippen LogP contribution >= 0.6 is 0 Å². The number of aromatic nitrogens is 2. The van der Waals surface area contributed by atoms with Gasteiger partial charge in [-0.2, -0.15) is 0 Å². The maximum absolute atomic E-state index is 10.5. The fraction of sp³-hybridized carbons (Fsp3) is 0.0909. The zero-order chi connectivity index (χ0) is 11.4. The van der Waals surface area contributed by atoms with Crippen molar-refractivity contribution in [1.29, 1.82) is 0 Å². The number of rotatable bonds is 4. The Hall–Kier alpha value is -2.30. The summed E-state index contributed by atoms with van der Waals surface area (Å²) in [6, 6.07) is 11.4. The number of amides is 1. The molecule has 0 aliphatic carbocycles. The van der Waals surface area contributed by atoms with E-state index in [-0.39, 0.29) is 6.61 Å². The number of ether oxygens (including phenoxy) is 1. The Morgan fingerprint density at radius 1 is 1.38 bits per heavy atom. The van der Waals surface area contributed by atoms with Crippen molar-refractivity contribution >= 4 is 5.91 Å². The number of hydrogen-bond acceptors (Lipinski definition) is 3. The second kappa shape index (κ2) is 4.48. The van der Waals surface area contributed by atoms with Gasteiger partial charge in [0.1, 0.15) is 0 Å². The molecule has 1 heterocycles. The molecule has 5 nitrogen and oxygen atoms in total. The molecular weight excluding hydrogens is 206 g/mol. The van der Waals surface area contributed by atoms with Gasteiger partial charge in [0, 0.05) is 6.07 Å². The van der Waals surface area contributed by atoms with Gasteiger partial charge in [-0.15, -0.1) is 5.10 Å². The van der Waals surface area contributed by atoms with Gasteiger partial charge in [-0.05, 0) is 5.56 Å². The summed E-state index contributed by atoms with van der Waals surface area (Å²) in [6.07, 6.45) is 0. The smallest absolute Gasteiger partial charge is 0.255 e. The summed E-state index contributed by atoms with van der Waals surface area (Å²) in [5.41, 5.74) is 6.79. The van der Waals surface area contributed by atoms with Crippen LogP contribution in [0.4, 0.5) is 0 Å². The predicted molar refractivity (Wildman–Crippen MR) is 58.7 cm³/mol. The number of primary amides is 1. The molecule has 0 aliphatic rings. The normalized spacial score (nSPS) is 10.0. The van der Waals surface area contributed by atoms with Crippen molar-refractivity contribution in [2.75, 3.05) is 6.61 Å². The first kappa shape index (κ1) is 10.2. The summed E-state index contributed by atoms with van der Waals surface area (Å²) < 4.78 is 5.05. The fourth-order valence-corrected chi connectivity index (χ4v) is 1.29. The largest absolute Gasteiger partial charge is 0.467 e. The molecule has 1 aromatic heterocycles. The highest BCUT2D eigenvalue weighted by Gasteiger charge is 2.04. The lowest BCUT2D eigenvalue weighted by atomic mass is 10.2. The van der Waals surface area contributed by atoms with Gasteiger partial charge in [0.05, 0.1) is 5.69 Å². The van der Waals surface area contributed by atoms with Crippen LogP contribution in [0.15, 0.2) is 36.4 Å². The molecule has 16 heavy (non-hydrogen) atoms. The van der Waals surface area contributed by atoms with Crippen molar-refractivity contribution in [3.8, 4) is 17.1 Å². The van der Waals surface area contributed by atoms with Gasteiger partial charge >= 0.3 is 0 Å². The number of benzene rings is 1. The summed E-state index contributed by atoms with van der Waals surface area (Å²) >= 11 is 0. The number of hydrogen-bond donors (Lipinski definition) is 2. The third-order valence-electron chi connectivity index (χ3n) is 2.00. The number of aromatic amines is 1. The van der Waals surface area contributed by atoms with Gasteiger partial charge in [-0.1, -0.05) is 30.3 Å². The van der Waals surface area contributed by atoms with E-state index >= 15 is 0 Å². The number of nitrogens with one attached hydrogen (secondary N) is 1. The molecule has 1 aromatic carbocycles. The van der Waals surface area contributed by atoms with E-state index in [1.165, 1.54) is 0 Å². The van der Waals surface area contributed by atoms with Gasteiger partial charge in [0.25, 0.3) is 5.91 Å². The van der Waals surface area contributed by atoms with Crippen LogP contribution in [-0.2, 0) is 4.79 Å². The van der Waals surface area contributed by atoms with Crippen molar-refractivity contribution in [2.45, 2.75) is 0 Å². The zero-order valence-corrected chi connectivity index (χ0v) is 8.51. The average Bonchev–Trinajstić information content (AvgIpc) is 2.76. The number of nitrogens with two attached hydrogens (primary N) is 1.